The summed E-state index contributed by atoms with van der Waals surface area (Å²) in [5.74, 6) is 0. The lowest BCUT2D eigenvalue weighted by Gasteiger charge is -2.06. The summed E-state index contributed by atoms with van der Waals surface area (Å²) in [4.78, 5) is 4.09. The first kappa shape index (κ1) is 11.6. The fraction of sp³-hybridized carbons (Fsp3) is 0.100. The second-order valence-electron chi connectivity index (χ2n) is 3.03. The average Bonchev–Trinajstić information content (AvgIpc) is 2.64. The molecule has 1 nitrogen and oxygen atoms in total. The summed E-state index contributed by atoms with van der Waals surface area (Å²) in [6.45, 7) is 0. The second-order valence-corrected chi connectivity index (χ2v) is 5.49. The van der Waals surface area contributed by atoms with E-state index in [0.29, 0.717) is 5.56 Å². The van der Waals surface area contributed by atoms with Crippen molar-refractivity contribution in [3.05, 3.63) is 39.9 Å². The summed E-state index contributed by atoms with van der Waals surface area (Å²) in [5, 5.41) is 0. The quantitative estimate of drug-likeness (QED) is 0.751. The van der Waals surface area contributed by atoms with E-state index < -0.39 is 11.9 Å². The van der Waals surface area contributed by atoms with Crippen molar-refractivity contribution < 1.29 is 13.2 Å². The molecule has 2 rings (SSSR count). The maximum atomic E-state index is 12.4. The summed E-state index contributed by atoms with van der Waals surface area (Å²) < 4.78 is 38.1. The van der Waals surface area contributed by atoms with Gasteiger partial charge in [0.25, 0.3) is 0 Å². The molecule has 0 aliphatic rings. The molecule has 0 saturated heterocycles. The monoisotopic (exact) mass is 307 g/mol. The van der Waals surface area contributed by atoms with Gasteiger partial charge in [0.15, 0.2) is 0 Å². The lowest BCUT2D eigenvalue weighted by atomic mass is 10.2. The molecule has 0 fully saturated rings. The van der Waals surface area contributed by atoms with Gasteiger partial charge in [-0.25, -0.2) is 0 Å². The van der Waals surface area contributed by atoms with Crippen molar-refractivity contribution in [1.82, 2.24) is 4.98 Å². The van der Waals surface area contributed by atoms with Crippen LogP contribution < -0.4 is 0 Å². The molecule has 2 aromatic rings. The van der Waals surface area contributed by atoms with Crippen molar-refractivity contribution in [2.24, 2.45) is 0 Å². The Bertz CT molecular complexity index is 507. The van der Waals surface area contributed by atoms with Gasteiger partial charge < -0.3 is 0 Å². The average molecular weight is 308 g/mol. The van der Waals surface area contributed by atoms with Crippen molar-refractivity contribution >= 4 is 27.3 Å². The molecule has 84 valence electrons. The van der Waals surface area contributed by atoms with Crippen LogP contribution in [0.2, 0.25) is 0 Å². The highest BCUT2D eigenvalue weighted by Crippen LogP contribution is 2.34. The molecule has 0 atom stereocenters. The maximum absolute atomic E-state index is 12.4. The van der Waals surface area contributed by atoms with Gasteiger partial charge >= 0.3 is 6.18 Å². The van der Waals surface area contributed by atoms with Crippen LogP contribution in [0.4, 0.5) is 13.2 Å². The van der Waals surface area contributed by atoms with E-state index in [1.54, 1.807) is 18.2 Å². The lowest BCUT2D eigenvalue weighted by molar-refractivity contribution is -0.141. The Balaban J connectivity index is 2.44. The molecule has 16 heavy (non-hydrogen) atoms. The van der Waals surface area contributed by atoms with Crippen molar-refractivity contribution in [1.29, 1.82) is 0 Å². The van der Waals surface area contributed by atoms with Gasteiger partial charge in [-0.1, -0.05) is 0 Å². The summed E-state index contributed by atoms with van der Waals surface area (Å²) in [6, 6.07) is 6.18. The van der Waals surface area contributed by atoms with Gasteiger partial charge in [-0.05, 0) is 45.8 Å². The van der Waals surface area contributed by atoms with Gasteiger partial charge in [-0.2, -0.15) is 13.2 Å². The summed E-state index contributed by atoms with van der Waals surface area (Å²) >= 11 is 4.65. The second kappa shape index (κ2) is 4.18. The molecule has 2 heterocycles. The number of hydrogen-bond donors (Lipinski definition) is 0. The van der Waals surface area contributed by atoms with Gasteiger partial charge in [-0.3, -0.25) is 4.98 Å². The number of halogens is 4. The molecule has 0 bridgehead atoms. The normalized spacial score (nSPS) is 11.8. The summed E-state index contributed by atoms with van der Waals surface area (Å²) in [6.07, 6.45) is -3.23. The minimum atomic E-state index is -4.40. The molecule has 0 radical (unpaired) electrons. The molecule has 0 aliphatic carbocycles. The third-order valence-electron chi connectivity index (χ3n) is 1.91. The van der Waals surface area contributed by atoms with Crippen LogP contribution in [0.25, 0.3) is 10.4 Å². The molecule has 0 aromatic carbocycles. The van der Waals surface area contributed by atoms with Gasteiger partial charge in [0.1, 0.15) is 5.69 Å². The predicted octanol–water partition coefficient (Wildman–Crippen LogP) is 4.59. The van der Waals surface area contributed by atoms with Crippen LogP contribution >= 0.6 is 27.3 Å². The van der Waals surface area contributed by atoms with Gasteiger partial charge in [0, 0.05) is 11.1 Å². The lowest BCUT2D eigenvalue weighted by Crippen LogP contribution is -2.07. The molecule has 0 saturated carbocycles. The predicted molar refractivity (Wildman–Crippen MR) is 60.3 cm³/mol. The first-order valence-electron chi connectivity index (χ1n) is 4.26. The van der Waals surface area contributed by atoms with Gasteiger partial charge in [0.2, 0.25) is 0 Å². The fourth-order valence-corrected chi connectivity index (χ4v) is 2.59. The highest BCUT2D eigenvalue weighted by atomic mass is 79.9. The van der Waals surface area contributed by atoms with Gasteiger partial charge in [0.05, 0.1) is 3.79 Å². The highest BCUT2D eigenvalue weighted by Gasteiger charge is 2.32. The van der Waals surface area contributed by atoms with Crippen molar-refractivity contribution in [3.8, 4) is 10.4 Å². The Hall–Kier alpha value is -0.880. The van der Waals surface area contributed by atoms with E-state index >= 15 is 0 Å². The number of alkyl halides is 3. The Kier molecular flexibility index (Phi) is 3.03. The Morgan fingerprint density at radius 3 is 2.50 bits per heavy atom. The zero-order valence-electron chi connectivity index (χ0n) is 7.75. The van der Waals surface area contributed by atoms with E-state index in [1.807, 2.05) is 0 Å². The molecular formula is C10H5BrF3NS. The largest absolute Gasteiger partial charge is 0.433 e. The van der Waals surface area contributed by atoms with E-state index in [1.165, 1.54) is 17.5 Å². The van der Waals surface area contributed by atoms with E-state index in [-0.39, 0.29) is 0 Å². The number of aromatic nitrogens is 1. The maximum Gasteiger partial charge on any atom is 0.433 e. The van der Waals surface area contributed by atoms with Crippen LogP contribution in [0.5, 0.6) is 0 Å². The number of pyridine rings is 1. The van der Waals surface area contributed by atoms with Crippen molar-refractivity contribution in [3.63, 3.8) is 0 Å². The number of hydrogen-bond acceptors (Lipinski definition) is 2. The van der Waals surface area contributed by atoms with E-state index in [9.17, 15) is 13.2 Å². The number of thiophene rings is 1. The van der Waals surface area contributed by atoms with Crippen molar-refractivity contribution in [2.45, 2.75) is 6.18 Å². The topological polar surface area (TPSA) is 12.9 Å². The van der Waals surface area contributed by atoms with Crippen LogP contribution in [0.15, 0.2) is 34.2 Å². The van der Waals surface area contributed by atoms with Crippen LogP contribution in [0, 0.1) is 0 Å². The molecule has 2 aromatic heterocycles. The Morgan fingerprint density at radius 1 is 1.19 bits per heavy atom. The minimum Gasteiger partial charge on any atom is -0.252 e. The smallest absolute Gasteiger partial charge is 0.252 e. The van der Waals surface area contributed by atoms with Crippen LogP contribution in [-0.2, 0) is 6.18 Å². The van der Waals surface area contributed by atoms with Crippen LogP contribution in [0.1, 0.15) is 5.69 Å². The zero-order valence-corrected chi connectivity index (χ0v) is 10.2. The first-order valence-corrected chi connectivity index (χ1v) is 5.87. The minimum absolute atomic E-state index is 0.526. The Labute approximate surface area is 102 Å². The SMILES string of the molecule is FC(F)(F)c1cc(-c2ccc(Br)s2)ccn1. The third kappa shape index (κ3) is 2.44. The van der Waals surface area contributed by atoms with E-state index in [2.05, 4.69) is 20.9 Å². The molecule has 0 amide bonds. The third-order valence-corrected chi connectivity index (χ3v) is 3.58. The van der Waals surface area contributed by atoms with Crippen LogP contribution in [-0.4, -0.2) is 4.98 Å². The standard InChI is InChI=1S/C10H5BrF3NS/c11-9-2-1-7(16-9)6-3-4-15-8(5-6)10(12,13)14/h1-5H. The van der Waals surface area contributed by atoms with Crippen LogP contribution in [0.3, 0.4) is 0 Å². The molecule has 6 heteroatoms. The molecule has 0 N–H and O–H groups in total. The fourth-order valence-electron chi connectivity index (χ4n) is 1.21. The van der Waals surface area contributed by atoms with Crippen molar-refractivity contribution in [2.75, 3.05) is 0 Å². The molecule has 0 unspecified atom stereocenters. The first-order chi connectivity index (χ1) is 7.47. The molecule has 0 aliphatic heterocycles. The number of rotatable bonds is 1. The molecule has 0 spiro atoms. The zero-order chi connectivity index (χ0) is 11.8. The molecular weight excluding hydrogens is 303 g/mol. The van der Waals surface area contributed by atoms with E-state index in [0.717, 1.165) is 14.7 Å². The number of nitrogens with zero attached hydrogens (tertiary/aromatic N) is 1. The summed E-state index contributed by atoms with van der Waals surface area (Å²) in [7, 11) is 0. The van der Waals surface area contributed by atoms with E-state index in [4.69, 9.17) is 0 Å². The summed E-state index contributed by atoms with van der Waals surface area (Å²) in [5.41, 5.74) is -0.340. The van der Waals surface area contributed by atoms with Gasteiger partial charge in [-0.15, -0.1) is 11.3 Å². The Morgan fingerprint density at radius 2 is 1.94 bits per heavy atom. The highest BCUT2D eigenvalue weighted by molar-refractivity contribution is 9.11.